The van der Waals surface area contributed by atoms with Crippen LogP contribution in [0, 0.1) is 0 Å². The average molecular weight is 281 g/mol. The molecule has 2 aromatic rings. The first-order chi connectivity index (χ1) is 8.63. The fraction of sp³-hybridized carbons (Fsp3) is 0.357. The summed E-state index contributed by atoms with van der Waals surface area (Å²) in [4.78, 5) is 5.67. The molecule has 96 valence electrons. The summed E-state index contributed by atoms with van der Waals surface area (Å²) >= 11 is 7.93. The SMILES string of the molecule is CCC(N)Cc1cc2ccc(SC)cc2nc1Cl. The van der Waals surface area contributed by atoms with Crippen molar-refractivity contribution in [3.63, 3.8) is 0 Å². The molecule has 1 aromatic heterocycles. The van der Waals surface area contributed by atoms with E-state index in [1.807, 2.05) is 0 Å². The summed E-state index contributed by atoms with van der Waals surface area (Å²) in [5, 5.41) is 1.69. The molecule has 4 heteroatoms. The zero-order chi connectivity index (χ0) is 13.1. The number of benzene rings is 1. The summed E-state index contributed by atoms with van der Waals surface area (Å²) in [7, 11) is 0. The van der Waals surface area contributed by atoms with E-state index in [1.54, 1.807) is 11.8 Å². The smallest absolute Gasteiger partial charge is 0.133 e. The fourth-order valence-electron chi connectivity index (χ4n) is 1.86. The monoisotopic (exact) mass is 280 g/mol. The molecule has 1 atom stereocenters. The second kappa shape index (κ2) is 5.91. The van der Waals surface area contributed by atoms with Crippen molar-refractivity contribution in [2.24, 2.45) is 5.73 Å². The van der Waals surface area contributed by atoms with E-state index >= 15 is 0 Å². The van der Waals surface area contributed by atoms with E-state index in [1.165, 1.54) is 4.90 Å². The molecule has 2 N–H and O–H groups in total. The lowest BCUT2D eigenvalue weighted by Gasteiger charge is -2.11. The molecule has 0 spiro atoms. The Labute approximate surface area is 117 Å². The Bertz CT molecular complexity index is 557. The first kappa shape index (κ1) is 13.7. The van der Waals surface area contributed by atoms with Crippen LogP contribution in [0.5, 0.6) is 0 Å². The average Bonchev–Trinajstić information content (AvgIpc) is 2.38. The van der Waals surface area contributed by atoms with E-state index in [0.717, 1.165) is 29.3 Å². The van der Waals surface area contributed by atoms with Gasteiger partial charge in [0, 0.05) is 16.3 Å². The van der Waals surface area contributed by atoms with Crippen LogP contribution in [0.2, 0.25) is 5.15 Å². The lowest BCUT2D eigenvalue weighted by Crippen LogP contribution is -2.21. The van der Waals surface area contributed by atoms with E-state index in [2.05, 4.69) is 42.4 Å². The molecule has 0 fully saturated rings. The molecule has 0 saturated heterocycles. The van der Waals surface area contributed by atoms with Crippen molar-refractivity contribution in [3.8, 4) is 0 Å². The van der Waals surface area contributed by atoms with E-state index in [9.17, 15) is 0 Å². The van der Waals surface area contributed by atoms with Gasteiger partial charge in [0.15, 0.2) is 0 Å². The van der Waals surface area contributed by atoms with Gasteiger partial charge in [-0.2, -0.15) is 0 Å². The highest BCUT2D eigenvalue weighted by Gasteiger charge is 2.09. The van der Waals surface area contributed by atoms with Crippen LogP contribution in [0.3, 0.4) is 0 Å². The highest BCUT2D eigenvalue weighted by Crippen LogP contribution is 2.25. The van der Waals surface area contributed by atoms with Gasteiger partial charge < -0.3 is 5.73 Å². The van der Waals surface area contributed by atoms with Crippen LogP contribution in [0.1, 0.15) is 18.9 Å². The number of pyridine rings is 1. The molecule has 0 radical (unpaired) electrons. The van der Waals surface area contributed by atoms with Crippen LogP contribution in [0.15, 0.2) is 29.2 Å². The van der Waals surface area contributed by atoms with Crippen molar-refractivity contribution in [2.45, 2.75) is 30.7 Å². The number of nitrogens with two attached hydrogens (primary N) is 1. The molecular formula is C14H17ClN2S. The lowest BCUT2D eigenvalue weighted by molar-refractivity contribution is 0.646. The maximum absolute atomic E-state index is 6.23. The number of thioether (sulfide) groups is 1. The first-order valence-electron chi connectivity index (χ1n) is 6.02. The van der Waals surface area contributed by atoms with Gasteiger partial charge >= 0.3 is 0 Å². The minimum absolute atomic E-state index is 0.146. The number of fused-ring (bicyclic) bond motifs is 1. The topological polar surface area (TPSA) is 38.9 Å². The zero-order valence-electron chi connectivity index (χ0n) is 10.6. The summed E-state index contributed by atoms with van der Waals surface area (Å²) in [6, 6.07) is 8.50. The molecule has 1 unspecified atom stereocenters. The van der Waals surface area contributed by atoms with E-state index < -0.39 is 0 Å². The summed E-state index contributed by atoms with van der Waals surface area (Å²) in [6.45, 7) is 2.08. The fourth-order valence-corrected chi connectivity index (χ4v) is 2.52. The van der Waals surface area contributed by atoms with Crippen molar-refractivity contribution < 1.29 is 0 Å². The Morgan fingerprint density at radius 3 is 2.83 bits per heavy atom. The maximum atomic E-state index is 6.23. The maximum Gasteiger partial charge on any atom is 0.133 e. The van der Waals surface area contributed by atoms with Gasteiger partial charge in [-0.05, 0) is 42.9 Å². The van der Waals surface area contributed by atoms with Crippen LogP contribution in [-0.2, 0) is 6.42 Å². The summed E-state index contributed by atoms with van der Waals surface area (Å²) < 4.78 is 0. The van der Waals surface area contributed by atoms with Crippen LogP contribution in [0.4, 0.5) is 0 Å². The normalized spacial score (nSPS) is 12.9. The summed E-state index contributed by atoms with van der Waals surface area (Å²) in [6.07, 6.45) is 3.78. The molecule has 0 saturated carbocycles. The largest absolute Gasteiger partial charge is 0.327 e. The molecule has 1 aromatic carbocycles. The van der Waals surface area contributed by atoms with Crippen molar-refractivity contribution in [3.05, 3.63) is 35.0 Å². The zero-order valence-corrected chi connectivity index (χ0v) is 12.2. The third kappa shape index (κ3) is 2.97. The molecular weight excluding hydrogens is 264 g/mol. The Kier molecular flexibility index (Phi) is 4.49. The van der Waals surface area contributed by atoms with Crippen molar-refractivity contribution in [2.75, 3.05) is 6.26 Å². The van der Waals surface area contributed by atoms with E-state index in [0.29, 0.717) is 5.15 Å². The van der Waals surface area contributed by atoms with Gasteiger partial charge in [0.2, 0.25) is 0 Å². The summed E-state index contributed by atoms with van der Waals surface area (Å²) in [5.74, 6) is 0. The van der Waals surface area contributed by atoms with Crippen LogP contribution < -0.4 is 5.73 Å². The number of rotatable bonds is 4. The molecule has 0 aliphatic heterocycles. The van der Waals surface area contributed by atoms with Crippen LogP contribution in [0.25, 0.3) is 10.9 Å². The quantitative estimate of drug-likeness (QED) is 0.682. The van der Waals surface area contributed by atoms with Crippen molar-refractivity contribution in [1.29, 1.82) is 0 Å². The van der Waals surface area contributed by atoms with E-state index in [4.69, 9.17) is 17.3 Å². The van der Waals surface area contributed by atoms with Gasteiger partial charge in [-0.15, -0.1) is 11.8 Å². The van der Waals surface area contributed by atoms with Gasteiger partial charge in [-0.3, -0.25) is 0 Å². The Morgan fingerprint density at radius 1 is 1.39 bits per heavy atom. The highest BCUT2D eigenvalue weighted by molar-refractivity contribution is 7.98. The van der Waals surface area contributed by atoms with Gasteiger partial charge in [0.25, 0.3) is 0 Å². The second-order valence-corrected chi connectivity index (χ2v) is 5.61. The third-order valence-corrected chi connectivity index (χ3v) is 4.11. The summed E-state index contributed by atoms with van der Waals surface area (Å²) in [5.41, 5.74) is 7.96. The minimum Gasteiger partial charge on any atom is -0.327 e. The number of nitrogens with zero attached hydrogens (tertiary/aromatic N) is 1. The van der Waals surface area contributed by atoms with E-state index in [-0.39, 0.29) is 6.04 Å². The molecule has 0 aliphatic rings. The molecule has 2 rings (SSSR count). The molecule has 2 nitrogen and oxygen atoms in total. The highest BCUT2D eigenvalue weighted by atomic mass is 35.5. The van der Waals surface area contributed by atoms with Crippen LogP contribution >= 0.6 is 23.4 Å². The Hall–Kier alpha value is -0.770. The van der Waals surface area contributed by atoms with Gasteiger partial charge in [0.05, 0.1) is 5.52 Å². The number of halogens is 1. The Morgan fingerprint density at radius 2 is 2.17 bits per heavy atom. The Balaban J connectivity index is 2.42. The standard InChI is InChI=1S/C14H17ClN2S/c1-3-11(16)7-10-6-9-4-5-12(18-2)8-13(9)17-14(10)15/h4-6,8,11H,3,7,16H2,1-2H3. The van der Waals surface area contributed by atoms with Gasteiger partial charge in [-0.1, -0.05) is 24.6 Å². The molecule has 0 bridgehead atoms. The number of aromatic nitrogens is 1. The van der Waals surface area contributed by atoms with Crippen LogP contribution in [-0.4, -0.2) is 17.3 Å². The molecule has 1 heterocycles. The third-order valence-electron chi connectivity index (χ3n) is 3.06. The predicted molar refractivity (Wildman–Crippen MR) is 80.5 cm³/mol. The molecule has 0 aliphatic carbocycles. The minimum atomic E-state index is 0.146. The molecule has 18 heavy (non-hydrogen) atoms. The lowest BCUT2D eigenvalue weighted by atomic mass is 10.0. The predicted octanol–water partition coefficient (Wildman–Crippen LogP) is 3.89. The number of hydrogen-bond acceptors (Lipinski definition) is 3. The second-order valence-electron chi connectivity index (χ2n) is 4.37. The van der Waals surface area contributed by atoms with Crippen molar-refractivity contribution in [1.82, 2.24) is 4.98 Å². The number of hydrogen-bond donors (Lipinski definition) is 1. The molecule has 0 amide bonds. The first-order valence-corrected chi connectivity index (χ1v) is 7.63. The van der Waals surface area contributed by atoms with Gasteiger partial charge in [0.1, 0.15) is 5.15 Å². The van der Waals surface area contributed by atoms with Crippen molar-refractivity contribution >= 4 is 34.3 Å². The van der Waals surface area contributed by atoms with Gasteiger partial charge in [-0.25, -0.2) is 4.98 Å².